The number of carbonyl (C=O) groups excluding carboxylic acids is 1. The van der Waals surface area contributed by atoms with Crippen molar-refractivity contribution in [3.05, 3.63) is 34.6 Å². The molecule has 1 aliphatic carbocycles. The Kier molecular flexibility index (Phi) is 5.17. The molecule has 1 saturated carbocycles. The third-order valence-electron chi connectivity index (χ3n) is 3.79. The Morgan fingerprint density at radius 2 is 1.95 bits per heavy atom. The predicted molar refractivity (Wildman–Crippen MR) is 76.5 cm³/mol. The minimum absolute atomic E-state index is 0.0819. The third-order valence-corrected chi connectivity index (χ3v) is 4.09. The van der Waals surface area contributed by atoms with Gasteiger partial charge in [-0.05, 0) is 30.5 Å². The standard InChI is InChI=1S/C15H17ClFNO3/c16-11-7-6-10(8-12(11)17)13(15(20)21)18-14(19)9-4-2-1-3-5-9/h6-9,13H,1-5H2,(H,18,19)(H,20,21). The molecule has 1 unspecified atom stereocenters. The van der Waals surface area contributed by atoms with E-state index in [9.17, 15) is 19.1 Å². The van der Waals surface area contributed by atoms with Gasteiger partial charge in [-0.15, -0.1) is 0 Å². The van der Waals surface area contributed by atoms with Crippen LogP contribution in [-0.2, 0) is 9.59 Å². The fourth-order valence-corrected chi connectivity index (χ4v) is 2.72. The fraction of sp³-hybridized carbons (Fsp3) is 0.467. The molecule has 0 spiro atoms. The number of carboxylic acids is 1. The molecule has 1 atom stereocenters. The first-order valence-electron chi connectivity index (χ1n) is 6.97. The second-order valence-corrected chi connectivity index (χ2v) is 5.70. The van der Waals surface area contributed by atoms with E-state index in [4.69, 9.17) is 11.6 Å². The molecule has 2 N–H and O–H groups in total. The summed E-state index contributed by atoms with van der Waals surface area (Å²) in [4.78, 5) is 23.5. The van der Waals surface area contributed by atoms with Crippen molar-refractivity contribution >= 4 is 23.5 Å². The van der Waals surface area contributed by atoms with E-state index >= 15 is 0 Å². The quantitative estimate of drug-likeness (QED) is 0.896. The van der Waals surface area contributed by atoms with E-state index in [0.717, 1.165) is 38.2 Å². The van der Waals surface area contributed by atoms with Crippen LogP contribution in [0, 0.1) is 11.7 Å². The number of carbonyl (C=O) groups is 2. The average molecular weight is 314 g/mol. The highest BCUT2D eigenvalue weighted by Crippen LogP contribution is 2.26. The lowest BCUT2D eigenvalue weighted by atomic mass is 9.88. The van der Waals surface area contributed by atoms with Crippen LogP contribution < -0.4 is 5.32 Å². The van der Waals surface area contributed by atoms with Crippen molar-refractivity contribution in [2.75, 3.05) is 0 Å². The Labute approximate surface area is 127 Å². The van der Waals surface area contributed by atoms with Crippen LogP contribution in [0.3, 0.4) is 0 Å². The van der Waals surface area contributed by atoms with Gasteiger partial charge < -0.3 is 10.4 Å². The molecule has 21 heavy (non-hydrogen) atoms. The topological polar surface area (TPSA) is 66.4 Å². The molecule has 1 fully saturated rings. The van der Waals surface area contributed by atoms with E-state index in [2.05, 4.69) is 5.32 Å². The van der Waals surface area contributed by atoms with Crippen molar-refractivity contribution in [3.8, 4) is 0 Å². The van der Waals surface area contributed by atoms with E-state index < -0.39 is 17.8 Å². The Balaban J connectivity index is 2.13. The molecule has 1 amide bonds. The number of hydrogen-bond acceptors (Lipinski definition) is 2. The van der Waals surface area contributed by atoms with Gasteiger partial charge in [-0.1, -0.05) is 36.9 Å². The maximum atomic E-state index is 13.5. The number of carboxylic acid groups (broad SMARTS) is 1. The zero-order valence-corrected chi connectivity index (χ0v) is 12.2. The van der Waals surface area contributed by atoms with Crippen LogP contribution in [0.25, 0.3) is 0 Å². The van der Waals surface area contributed by atoms with Gasteiger partial charge in [-0.2, -0.15) is 0 Å². The average Bonchev–Trinajstić information content (AvgIpc) is 2.48. The zero-order valence-electron chi connectivity index (χ0n) is 11.4. The van der Waals surface area contributed by atoms with Gasteiger partial charge in [0.2, 0.25) is 5.91 Å². The molecule has 4 nitrogen and oxygen atoms in total. The van der Waals surface area contributed by atoms with E-state index in [1.807, 2.05) is 0 Å². The molecule has 2 rings (SSSR count). The number of nitrogens with one attached hydrogen (secondary N) is 1. The maximum Gasteiger partial charge on any atom is 0.330 e. The Hall–Kier alpha value is -1.62. The normalized spacial score (nSPS) is 17.2. The highest BCUT2D eigenvalue weighted by Gasteiger charge is 2.27. The van der Waals surface area contributed by atoms with Gasteiger partial charge in [0.05, 0.1) is 5.02 Å². The Morgan fingerprint density at radius 3 is 2.52 bits per heavy atom. The lowest BCUT2D eigenvalue weighted by molar-refractivity contribution is -0.142. The summed E-state index contributed by atoms with van der Waals surface area (Å²) in [7, 11) is 0. The van der Waals surface area contributed by atoms with Gasteiger partial charge in [0.1, 0.15) is 5.82 Å². The minimum Gasteiger partial charge on any atom is -0.479 e. The lowest BCUT2D eigenvalue weighted by Crippen LogP contribution is -2.38. The van der Waals surface area contributed by atoms with Crippen molar-refractivity contribution in [1.82, 2.24) is 5.32 Å². The van der Waals surface area contributed by atoms with Crippen LogP contribution in [0.2, 0.25) is 5.02 Å². The van der Waals surface area contributed by atoms with Gasteiger partial charge in [0.25, 0.3) is 0 Å². The van der Waals surface area contributed by atoms with Gasteiger partial charge in [-0.25, -0.2) is 9.18 Å². The summed E-state index contributed by atoms with van der Waals surface area (Å²) in [5.41, 5.74) is 0.175. The van der Waals surface area contributed by atoms with Crippen molar-refractivity contribution in [2.24, 2.45) is 5.92 Å². The lowest BCUT2D eigenvalue weighted by Gasteiger charge is -2.23. The van der Waals surface area contributed by atoms with Crippen LogP contribution in [0.1, 0.15) is 43.7 Å². The fourth-order valence-electron chi connectivity index (χ4n) is 2.60. The maximum absolute atomic E-state index is 13.5. The van der Waals surface area contributed by atoms with Crippen LogP contribution in [-0.4, -0.2) is 17.0 Å². The second-order valence-electron chi connectivity index (χ2n) is 5.29. The summed E-state index contributed by atoms with van der Waals surface area (Å²) in [5, 5.41) is 11.7. The van der Waals surface area contributed by atoms with Crippen molar-refractivity contribution in [2.45, 2.75) is 38.1 Å². The summed E-state index contributed by atoms with van der Waals surface area (Å²) in [5.74, 6) is -2.36. The number of aliphatic carboxylic acids is 1. The SMILES string of the molecule is O=C(NC(C(=O)O)c1ccc(Cl)c(F)c1)C1CCCCC1. The largest absolute Gasteiger partial charge is 0.479 e. The van der Waals surface area contributed by atoms with Gasteiger partial charge in [-0.3, -0.25) is 4.79 Å². The molecular weight excluding hydrogens is 297 g/mol. The first kappa shape index (κ1) is 15.8. The van der Waals surface area contributed by atoms with Crippen molar-refractivity contribution in [1.29, 1.82) is 0 Å². The van der Waals surface area contributed by atoms with Crippen LogP contribution in [0.4, 0.5) is 4.39 Å². The smallest absolute Gasteiger partial charge is 0.330 e. The summed E-state index contributed by atoms with van der Waals surface area (Å²) in [6.45, 7) is 0. The third kappa shape index (κ3) is 3.94. The zero-order chi connectivity index (χ0) is 15.4. The molecule has 6 heteroatoms. The van der Waals surface area contributed by atoms with E-state index in [0.29, 0.717) is 0 Å². The van der Waals surface area contributed by atoms with Crippen molar-refractivity contribution in [3.63, 3.8) is 0 Å². The number of amides is 1. The van der Waals surface area contributed by atoms with Gasteiger partial charge in [0.15, 0.2) is 6.04 Å². The summed E-state index contributed by atoms with van der Waals surface area (Å²) in [6, 6.07) is 2.48. The molecule has 0 aliphatic heterocycles. The molecule has 1 aromatic carbocycles. The molecule has 0 saturated heterocycles. The minimum atomic E-state index is -1.26. The first-order valence-corrected chi connectivity index (χ1v) is 7.35. The van der Waals surface area contributed by atoms with Crippen LogP contribution in [0.15, 0.2) is 18.2 Å². The van der Waals surface area contributed by atoms with E-state index in [1.54, 1.807) is 0 Å². The molecular formula is C15H17ClFNO3. The van der Waals surface area contributed by atoms with Gasteiger partial charge >= 0.3 is 5.97 Å². The molecule has 0 bridgehead atoms. The number of benzene rings is 1. The molecule has 114 valence electrons. The molecule has 0 radical (unpaired) electrons. The highest BCUT2D eigenvalue weighted by molar-refractivity contribution is 6.30. The summed E-state index contributed by atoms with van der Waals surface area (Å²) in [6.07, 6.45) is 4.60. The van der Waals surface area contributed by atoms with Crippen molar-refractivity contribution < 1.29 is 19.1 Å². The Morgan fingerprint density at radius 1 is 1.29 bits per heavy atom. The van der Waals surface area contributed by atoms with Crippen LogP contribution in [0.5, 0.6) is 0 Å². The van der Waals surface area contributed by atoms with Gasteiger partial charge in [0, 0.05) is 5.92 Å². The number of rotatable bonds is 4. The van der Waals surface area contributed by atoms with E-state index in [1.165, 1.54) is 12.1 Å². The monoisotopic (exact) mass is 313 g/mol. The Bertz CT molecular complexity index is 544. The molecule has 0 aromatic heterocycles. The predicted octanol–water partition coefficient (Wildman–Crippen LogP) is 3.30. The number of hydrogen-bond donors (Lipinski definition) is 2. The second kappa shape index (κ2) is 6.89. The highest BCUT2D eigenvalue weighted by atomic mass is 35.5. The summed E-state index contributed by atoms with van der Waals surface area (Å²) < 4.78 is 13.5. The summed E-state index contributed by atoms with van der Waals surface area (Å²) >= 11 is 5.58. The molecule has 1 aliphatic rings. The molecule has 1 aromatic rings. The first-order chi connectivity index (χ1) is 9.99. The van der Waals surface area contributed by atoms with E-state index in [-0.39, 0.29) is 22.4 Å². The molecule has 0 heterocycles. The number of halogens is 2. The van der Waals surface area contributed by atoms with Crippen LogP contribution >= 0.6 is 11.6 Å².